The van der Waals surface area contributed by atoms with Gasteiger partial charge in [0, 0.05) is 0 Å². The minimum atomic E-state index is -0.276. The molecule has 1 heterocycles. The van der Waals surface area contributed by atoms with E-state index in [1.165, 1.54) is 20.7 Å². The first-order chi connectivity index (χ1) is 7.66. The van der Waals surface area contributed by atoms with E-state index in [0.29, 0.717) is 19.7 Å². The number of rotatable bonds is 2. The third kappa shape index (κ3) is 2.65. The van der Waals surface area contributed by atoms with Gasteiger partial charge in [-0.25, -0.2) is 0 Å². The zero-order chi connectivity index (χ0) is 11.5. The second-order valence-electron chi connectivity index (χ2n) is 2.78. The van der Waals surface area contributed by atoms with Gasteiger partial charge in [0.25, 0.3) is 5.91 Å². The molecule has 1 amide bonds. The Morgan fingerprint density at radius 1 is 1.38 bits per heavy atom. The van der Waals surface area contributed by atoms with Crippen molar-refractivity contribution in [3.05, 3.63) is 38.8 Å². The van der Waals surface area contributed by atoms with Gasteiger partial charge >= 0.3 is 0 Å². The molecule has 1 N–H and O–H groups in total. The smallest absolute Gasteiger partial charge is 0.258 e. The lowest BCUT2D eigenvalue weighted by molar-refractivity contribution is 0.102. The summed E-state index contributed by atoms with van der Waals surface area (Å²) in [4.78, 5) is 15.8. The van der Waals surface area contributed by atoms with Crippen molar-refractivity contribution < 1.29 is 4.79 Å². The molecular weight excluding hydrogens is 284 g/mol. The number of nitrogens with zero attached hydrogens (tertiary/aromatic N) is 1. The molecule has 0 bridgehead atoms. The summed E-state index contributed by atoms with van der Waals surface area (Å²) < 4.78 is 0.513. The van der Waals surface area contributed by atoms with Crippen LogP contribution in [0.2, 0.25) is 5.02 Å². The number of carbonyl (C=O) groups is 1. The minimum Gasteiger partial charge on any atom is -0.297 e. The molecule has 7 heteroatoms. The topological polar surface area (TPSA) is 42.0 Å². The molecule has 0 radical (unpaired) electrons. The Morgan fingerprint density at radius 2 is 2.12 bits per heavy atom. The van der Waals surface area contributed by atoms with Crippen LogP contribution in [0.5, 0.6) is 0 Å². The minimum absolute atomic E-state index is 0.276. The van der Waals surface area contributed by atoms with Crippen LogP contribution in [0.3, 0.4) is 0 Å². The number of anilines is 1. The lowest BCUT2D eigenvalue weighted by Crippen LogP contribution is -2.11. The molecule has 2 rings (SSSR count). The largest absolute Gasteiger partial charge is 0.297 e. The highest BCUT2D eigenvalue weighted by Crippen LogP contribution is 2.21. The summed E-state index contributed by atoms with van der Waals surface area (Å²) in [6.07, 6.45) is 0. The first kappa shape index (κ1) is 11.7. The third-order valence-corrected chi connectivity index (χ3v) is 4.58. The van der Waals surface area contributed by atoms with Gasteiger partial charge in [0.15, 0.2) is 3.95 Å². The lowest BCUT2D eigenvalue weighted by Gasteiger charge is -2.02. The van der Waals surface area contributed by atoms with E-state index >= 15 is 0 Å². The second kappa shape index (κ2) is 5.01. The van der Waals surface area contributed by atoms with Crippen molar-refractivity contribution in [2.24, 2.45) is 0 Å². The van der Waals surface area contributed by atoms with Gasteiger partial charge in [-0.2, -0.15) is 4.98 Å². The highest BCUT2D eigenvalue weighted by atomic mass is 35.5. The fourth-order valence-electron chi connectivity index (χ4n) is 1.05. The summed E-state index contributed by atoms with van der Waals surface area (Å²) >= 11 is 10.8. The first-order valence-corrected chi connectivity index (χ1v) is 7.13. The summed E-state index contributed by atoms with van der Waals surface area (Å²) in [7, 11) is 2.67. The molecule has 0 spiro atoms. The van der Waals surface area contributed by atoms with E-state index in [2.05, 4.69) is 10.3 Å². The number of hydrogen-bond acceptors (Lipinski definition) is 5. The molecule has 3 nitrogen and oxygen atoms in total. The summed E-state index contributed by atoms with van der Waals surface area (Å²) in [5.74, 6) is -0.276. The number of halogens is 1. The van der Waals surface area contributed by atoms with E-state index in [1.807, 2.05) is 0 Å². The fraction of sp³-hybridized carbons (Fsp3) is 0. The van der Waals surface area contributed by atoms with Crippen LogP contribution >= 0.6 is 44.5 Å². The zero-order valence-corrected chi connectivity index (χ0v) is 11.0. The van der Waals surface area contributed by atoms with Crippen LogP contribution in [0.15, 0.2) is 24.3 Å². The highest BCUT2D eigenvalue weighted by molar-refractivity contribution is 7.79. The molecule has 0 aliphatic heterocycles. The van der Waals surface area contributed by atoms with Crippen LogP contribution in [0, 0.1) is 3.95 Å². The van der Waals surface area contributed by atoms with Gasteiger partial charge < -0.3 is 0 Å². The van der Waals surface area contributed by atoms with Gasteiger partial charge in [0.1, 0.15) is 0 Å². The van der Waals surface area contributed by atoms with E-state index in [9.17, 15) is 4.79 Å². The van der Waals surface area contributed by atoms with Crippen LogP contribution in [-0.4, -0.2) is 10.9 Å². The van der Waals surface area contributed by atoms with Gasteiger partial charge in [0.2, 0.25) is 5.13 Å². The Kier molecular flexibility index (Phi) is 3.65. The van der Waals surface area contributed by atoms with Crippen molar-refractivity contribution in [3.63, 3.8) is 0 Å². The van der Waals surface area contributed by atoms with Gasteiger partial charge in [-0.05, 0) is 45.0 Å². The molecule has 0 saturated carbocycles. The summed E-state index contributed by atoms with van der Waals surface area (Å²) in [6, 6.07) is 6.85. The molecule has 16 heavy (non-hydrogen) atoms. The monoisotopic (exact) mass is 288 g/mol. The molecule has 82 valence electrons. The van der Waals surface area contributed by atoms with Gasteiger partial charge in [-0.3, -0.25) is 10.1 Å². The molecule has 1 aromatic heterocycles. The van der Waals surface area contributed by atoms with Crippen LogP contribution in [0.4, 0.5) is 5.13 Å². The van der Waals surface area contributed by atoms with E-state index < -0.39 is 0 Å². The van der Waals surface area contributed by atoms with Gasteiger partial charge in [-0.15, -0.1) is 0 Å². The lowest BCUT2D eigenvalue weighted by atomic mass is 10.2. The van der Waals surface area contributed by atoms with Crippen LogP contribution in [-0.2, 0) is 0 Å². The quantitative estimate of drug-likeness (QED) is 0.674. The summed E-state index contributed by atoms with van der Waals surface area (Å²) in [6.45, 7) is 0. The SMILES string of the molecule is O=C(Nc1nc(=S)ss1)c1ccccc1Cl. The second-order valence-corrected chi connectivity index (χ2v) is 5.94. The maximum absolute atomic E-state index is 11.8. The van der Waals surface area contributed by atoms with E-state index in [4.69, 9.17) is 23.8 Å². The fourth-order valence-corrected chi connectivity index (χ4v) is 3.13. The number of hydrogen-bond donors (Lipinski definition) is 1. The maximum atomic E-state index is 11.8. The summed E-state index contributed by atoms with van der Waals surface area (Å²) in [5, 5.41) is 3.56. The van der Waals surface area contributed by atoms with E-state index in [-0.39, 0.29) is 5.91 Å². The number of benzene rings is 1. The standard InChI is InChI=1S/C9H5ClN2OS3/c10-6-4-2-1-3-5(6)7(13)11-8-12-9(14)16-15-8/h1-4H,(H,11,12,13,14). The molecule has 0 saturated heterocycles. The van der Waals surface area contributed by atoms with Crippen LogP contribution < -0.4 is 5.32 Å². The predicted molar refractivity (Wildman–Crippen MR) is 70.2 cm³/mol. The number of amides is 1. The molecule has 0 aliphatic carbocycles. The average Bonchev–Trinajstić information content (AvgIpc) is 2.64. The molecule has 0 unspecified atom stereocenters. The Bertz CT molecular complexity index is 578. The predicted octanol–water partition coefficient (Wildman–Crippen LogP) is 3.84. The van der Waals surface area contributed by atoms with Crippen molar-refractivity contribution >= 4 is 55.5 Å². The van der Waals surface area contributed by atoms with Crippen LogP contribution in [0.1, 0.15) is 10.4 Å². The van der Waals surface area contributed by atoms with E-state index in [0.717, 1.165) is 0 Å². The average molecular weight is 289 g/mol. The Labute approximate surface area is 109 Å². The molecule has 1 aromatic carbocycles. The summed E-state index contributed by atoms with van der Waals surface area (Å²) in [5.41, 5.74) is 0.426. The van der Waals surface area contributed by atoms with Crippen LogP contribution in [0.25, 0.3) is 0 Å². The number of aromatic nitrogens is 1. The normalized spacial score (nSPS) is 10.1. The third-order valence-electron chi connectivity index (χ3n) is 1.72. The molecular formula is C9H5ClN2OS3. The Balaban J connectivity index is 2.21. The number of carbonyl (C=O) groups excluding carboxylic acids is 1. The van der Waals surface area contributed by atoms with Crippen molar-refractivity contribution in [1.82, 2.24) is 4.98 Å². The van der Waals surface area contributed by atoms with Crippen molar-refractivity contribution in [1.29, 1.82) is 0 Å². The zero-order valence-electron chi connectivity index (χ0n) is 7.77. The number of nitrogens with one attached hydrogen (secondary N) is 1. The molecule has 0 aliphatic rings. The van der Waals surface area contributed by atoms with Crippen molar-refractivity contribution in [2.45, 2.75) is 0 Å². The van der Waals surface area contributed by atoms with Gasteiger partial charge in [0.05, 0.1) is 10.6 Å². The maximum Gasteiger partial charge on any atom is 0.258 e. The first-order valence-electron chi connectivity index (χ1n) is 4.20. The Morgan fingerprint density at radius 3 is 2.75 bits per heavy atom. The molecule has 0 fully saturated rings. The van der Waals surface area contributed by atoms with Crippen molar-refractivity contribution in [3.8, 4) is 0 Å². The molecule has 2 aromatic rings. The van der Waals surface area contributed by atoms with Crippen molar-refractivity contribution in [2.75, 3.05) is 5.32 Å². The Hall–Kier alpha value is -0.820. The molecule has 0 atom stereocenters. The highest BCUT2D eigenvalue weighted by Gasteiger charge is 2.10. The van der Waals surface area contributed by atoms with E-state index in [1.54, 1.807) is 24.3 Å². The van der Waals surface area contributed by atoms with Gasteiger partial charge in [-0.1, -0.05) is 23.7 Å².